The number of fused-ring (bicyclic) bond motifs is 12. The molecule has 0 atom stereocenters. The van der Waals surface area contributed by atoms with Crippen molar-refractivity contribution in [1.29, 1.82) is 0 Å². The molecule has 0 saturated heterocycles. The molecule has 232 valence electrons. The van der Waals surface area contributed by atoms with Crippen LogP contribution in [0, 0.1) is 0 Å². The van der Waals surface area contributed by atoms with Crippen molar-refractivity contribution in [2.75, 3.05) is 0 Å². The van der Waals surface area contributed by atoms with E-state index in [0.29, 0.717) is 12.1 Å². The largest absolute Gasteiger partial charge is 0.309 e. The van der Waals surface area contributed by atoms with E-state index in [2.05, 4.69) is 149 Å². The van der Waals surface area contributed by atoms with Gasteiger partial charge < -0.3 is 9.13 Å². The SMILES string of the molecule is [2H]c1ccc2c(c1)c1cc(-c3ccc4c(c3)c3cc([2H])ccc3n4-c3ccc4c5ccccc5c5ccccc5c4c3)ccc1n2-c1ccccc1. The van der Waals surface area contributed by atoms with E-state index in [9.17, 15) is 0 Å². The zero-order valence-electron chi connectivity index (χ0n) is 29.1. The second kappa shape index (κ2) is 10.4. The maximum Gasteiger partial charge on any atom is 0.0623 e. The first-order valence-electron chi connectivity index (χ1n) is 18.1. The summed E-state index contributed by atoms with van der Waals surface area (Å²) in [5.41, 5.74) is 8.82. The summed E-state index contributed by atoms with van der Waals surface area (Å²) in [6.07, 6.45) is 0. The van der Waals surface area contributed by atoms with Gasteiger partial charge in [-0.05, 0) is 104 Å². The van der Waals surface area contributed by atoms with Crippen molar-refractivity contribution in [3.05, 3.63) is 182 Å². The van der Waals surface area contributed by atoms with Crippen LogP contribution in [-0.2, 0) is 0 Å². The number of hydrogen-bond acceptors (Lipinski definition) is 0. The highest BCUT2D eigenvalue weighted by Gasteiger charge is 2.17. The Morgan fingerprint density at radius 2 is 0.740 bits per heavy atom. The quantitative estimate of drug-likeness (QED) is 0.171. The maximum absolute atomic E-state index is 8.59. The van der Waals surface area contributed by atoms with Gasteiger partial charge in [0, 0.05) is 32.9 Å². The average Bonchev–Trinajstić information content (AvgIpc) is 3.69. The molecule has 9 aromatic carbocycles. The molecular weight excluding hydrogens is 605 g/mol. The first-order chi connectivity index (χ1) is 25.6. The molecule has 0 bridgehead atoms. The molecule has 0 amide bonds. The van der Waals surface area contributed by atoms with Crippen LogP contribution in [0.25, 0.3) is 98.4 Å². The Morgan fingerprint density at radius 3 is 1.30 bits per heavy atom. The minimum Gasteiger partial charge on any atom is -0.309 e. The highest BCUT2D eigenvalue weighted by molar-refractivity contribution is 6.25. The van der Waals surface area contributed by atoms with E-state index in [1.54, 1.807) is 0 Å². The Labute approximate surface area is 291 Å². The molecule has 50 heavy (non-hydrogen) atoms. The highest BCUT2D eigenvalue weighted by Crippen LogP contribution is 2.40. The predicted molar refractivity (Wildman–Crippen MR) is 213 cm³/mol. The normalized spacial score (nSPS) is 12.6. The van der Waals surface area contributed by atoms with Gasteiger partial charge in [-0.1, -0.05) is 121 Å². The van der Waals surface area contributed by atoms with E-state index in [1.807, 2.05) is 30.3 Å². The van der Waals surface area contributed by atoms with Crippen molar-refractivity contribution in [2.45, 2.75) is 0 Å². The van der Waals surface area contributed by atoms with Gasteiger partial charge in [-0.3, -0.25) is 0 Å². The van der Waals surface area contributed by atoms with Gasteiger partial charge in [0.1, 0.15) is 0 Å². The number of para-hydroxylation sites is 3. The van der Waals surface area contributed by atoms with Crippen LogP contribution >= 0.6 is 0 Å². The van der Waals surface area contributed by atoms with Crippen LogP contribution in [0.4, 0.5) is 0 Å². The Bertz CT molecular complexity index is 3230. The van der Waals surface area contributed by atoms with Crippen molar-refractivity contribution in [3.63, 3.8) is 0 Å². The third-order valence-electron chi connectivity index (χ3n) is 10.6. The van der Waals surface area contributed by atoms with Gasteiger partial charge in [0.25, 0.3) is 0 Å². The van der Waals surface area contributed by atoms with Crippen LogP contribution in [0.1, 0.15) is 2.74 Å². The van der Waals surface area contributed by atoms with Crippen LogP contribution in [0.15, 0.2) is 182 Å². The van der Waals surface area contributed by atoms with E-state index < -0.39 is 0 Å². The Hall–Kier alpha value is -6.64. The van der Waals surface area contributed by atoms with Gasteiger partial charge in [-0.25, -0.2) is 0 Å². The van der Waals surface area contributed by atoms with E-state index >= 15 is 0 Å². The lowest BCUT2D eigenvalue weighted by atomic mass is 9.94. The minimum absolute atomic E-state index is 0.495. The summed E-state index contributed by atoms with van der Waals surface area (Å²) in [6, 6.07) is 61.0. The summed E-state index contributed by atoms with van der Waals surface area (Å²) in [5.74, 6) is 0. The summed E-state index contributed by atoms with van der Waals surface area (Å²) in [7, 11) is 0. The average molecular weight is 637 g/mol. The summed E-state index contributed by atoms with van der Waals surface area (Å²) in [4.78, 5) is 0. The maximum atomic E-state index is 8.59. The molecule has 0 aliphatic rings. The molecule has 11 aromatic rings. The van der Waals surface area contributed by atoms with Crippen LogP contribution in [0.5, 0.6) is 0 Å². The standard InChI is InChI=1S/C48H30N2/c1-2-12-33(13-3-1)49-45-20-10-8-18-40(45)43-28-31(22-26-47(43)49)32-23-27-48-44(29-32)41-19-9-11-21-46(41)50(48)34-24-25-39-37-16-5-4-14-35(37)36-15-6-7-17-38(36)42(39)30-34/h1-30H/i8D,9D. The zero-order chi connectivity index (χ0) is 34.5. The van der Waals surface area contributed by atoms with Gasteiger partial charge in [0.15, 0.2) is 0 Å². The second-order valence-corrected chi connectivity index (χ2v) is 13.2. The minimum atomic E-state index is 0.495. The fourth-order valence-corrected chi connectivity index (χ4v) is 8.35. The molecule has 0 aliphatic carbocycles. The predicted octanol–water partition coefficient (Wildman–Crippen LogP) is 13.0. The van der Waals surface area contributed by atoms with E-state index in [1.165, 1.54) is 32.3 Å². The molecule has 0 saturated carbocycles. The Balaban J connectivity index is 1.13. The highest BCUT2D eigenvalue weighted by atomic mass is 15.0. The summed E-state index contributed by atoms with van der Waals surface area (Å²) >= 11 is 0. The molecule has 2 heterocycles. The molecule has 2 nitrogen and oxygen atoms in total. The first-order valence-corrected chi connectivity index (χ1v) is 17.1. The molecule has 2 aromatic heterocycles. The van der Waals surface area contributed by atoms with E-state index in [-0.39, 0.29) is 0 Å². The zero-order valence-corrected chi connectivity index (χ0v) is 27.1. The number of benzene rings is 9. The monoisotopic (exact) mass is 636 g/mol. The lowest BCUT2D eigenvalue weighted by Crippen LogP contribution is -1.94. The molecular formula is C48H30N2. The number of aromatic nitrogens is 2. The van der Waals surface area contributed by atoms with Gasteiger partial charge in [0.05, 0.1) is 24.8 Å². The molecule has 11 rings (SSSR count). The molecule has 0 N–H and O–H groups in total. The van der Waals surface area contributed by atoms with Crippen molar-refractivity contribution in [2.24, 2.45) is 0 Å². The van der Waals surface area contributed by atoms with Crippen molar-refractivity contribution in [3.8, 4) is 22.5 Å². The van der Waals surface area contributed by atoms with Gasteiger partial charge in [-0.2, -0.15) is 0 Å². The van der Waals surface area contributed by atoms with Gasteiger partial charge in [0.2, 0.25) is 0 Å². The van der Waals surface area contributed by atoms with Gasteiger partial charge in [-0.15, -0.1) is 0 Å². The van der Waals surface area contributed by atoms with Crippen molar-refractivity contribution < 1.29 is 2.74 Å². The lowest BCUT2D eigenvalue weighted by molar-refractivity contribution is 1.18. The third kappa shape index (κ3) is 3.85. The topological polar surface area (TPSA) is 9.86 Å². The first kappa shape index (κ1) is 25.4. The molecule has 0 unspecified atom stereocenters. The van der Waals surface area contributed by atoms with Crippen LogP contribution < -0.4 is 0 Å². The van der Waals surface area contributed by atoms with E-state index in [4.69, 9.17) is 2.74 Å². The van der Waals surface area contributed by atoms with Crippen molar-refractivity contribution in [1.82, 2.24) is 9.13 Å². The molecule has 0 fully saturated rings. The number of nitrogens with zero attached hydrogens (tertiary/aromatic N) is 2. The summed E-state index contributed by atoms with van der Waals surface area (Å²) in [5, 5.41) is 11.9. The fourth-order valence-electron chi connectivity index (χ4n) is 8.35. The van der Waals surface area contributed by atoms with Crippen LogP contribution in [0.2, 0.25) is 0 Å². The van der Waals surface area contributed by atoms with Crippen LogP contribution in [-0.4, -0.2) is 9.13 Å². The number of rotatable bonds is 3. The lowest BCUT2D eigenvalue weighted by Gasteiger charge is -2.14. The molecule has 0 radical (unpaired) electrons. The molecule has 0 aliphatic heterocycles. The smallest absolute Gasteiger partial charge is 0.0623 e. The Kier molecular flexibility index (Phi) is 5.29. The van der Waals surface area contributed by atoms with Crippen LogP contribution in [0.3, 0.4) is 0 Å². The van der Waals surface area contributed by atoms with E-state index in [0.717, 1.165) is 66.1 Å². The third-order valence-corrected chi connectivity index (χ3v) is 10.6. The van der Waals surface area contributed by atoms with Gasteiger partial charge >= 0.3 is 0 Å². The Morgan fingerprint density at radius 1 is 0.280 bits per heavy atom. The molecule has 2 heteroatoms. The second-order valence-electron chi connectivity index (χ2n) is 13.2. The number of hydrogen-bond donors (Lipinski definition) is 0. The van der Waals surface area contributed by atoms with Crippen molar-refractivity contribution >= 4 is 75.9 Å². The summed E-state index contributed by atoms with van der Waals surface area (Å²) in [6.45, 7) is 0. The fraction of sp³-hybridized carbons (Fsp3) is 0. The molecule has 0 spiro atoms. The summed E-state index contributed by atoms with van der Waals surface area (Å²) < 4.78 is 21.7.